The Labute approximate surface area is 105 Å². The second kappa shape index (κ2) is 7.14. The van der Waals surface area contributed by atoms with Gasteiger partial charge in [-0.3, -0.25) is 4.79 Å². The topological polar surface area (TPSA) is 44.8 Å². The molecule has 0 fully saturated rings. The van der Waals surface area contributed by atoms with Gasteiger partial charge < -0.3 is 14.2 Å². The average molecular weight is 259 g/mol. The molecule has 0 bridgehead atoms. The van der Waals surface area contributed by atoms with E-state index in [9.17, 15) is 4.79 Å². The van der Waals surface area contributed by atoms with Crippen molar-refractivity contribution in [2.45, 2.75) is 13.0 Å². The zero-order valence-corrected chi connectivity index (χ0v) is 10.6. The maximum Gasteiger partial charge on any atom is 0.223 e. The van der Waals surface area contributed by atoms with Crippen LogP contribution in [0.3, 0.4) is 0 Å². The third-order valence-corrected chi connectivity index (χ3v) is 2.37. The minimum atomic E-state index is -0.400. The SMILES string of the molecule is COc1cccc(COCCC(=O)Cl)c1OC. The molecule has 17 heavy (non-hydrogen) atoms. The molecule has 0 amide bonds. The van der Waals surface area contributed by atoms with Crippen LogP contribution < -0.4 is 9.47 Å². The Morgan fingerprint density at radius 2 is 2.06 bits per heavy atom. The van der Waals surface area contributed by atoms with E-state index in [1.807, 2.05) is 18.2 Å². The molecule has 1 aromatic carbocycles. The van der Waals surface area contributed by atoms with Crippen molar-refractivity contribution in [1.82, 2.24) is 0 Å². The van der Waals surface area contributed by atoms with E-state index >= 15 is 0 Å². The summed E-state index contributed by atoms with van der Waals surface area (Å²) in [7, 11) is 3.15. The van der Waals surface area contributed by atoms with Crippen molar-refractivity contribution in [3.8, 4) is 11.5 Å². The quantitative estimate of drug-likeness (QED) is 0.556. The summed E-state index contributed by atoms with van der Waals surface area (Å²) in [5, 5.41) is -0.400. The first-order valence-corrected chi connectivity index (χ1v) is 5.52. The smallest absolute Gasteiger partial charge is 0.223 e. The molecule has 94 valence electrons. The van der Waals surface area contributed by atoms with Crippen LogP contribution in [0, 0.1) is 0 Å². The van der Waals surface area contributed by atoms with Gasteiger partial charge in [-0.2, -0.15) is 0 Å². The van der Waals surface area contributed by atoms with Crippen LogP contribution in [-0.4, -0.2) is 26.1 Å². The molecule has 0 saturated heterocycles. The fourth-order valence-electron chi connectivity index (χ4n) is 1.40. The summed E-state index contributed by atoms with van der Waals surface area (Å²) in [6, 6.07) is 5.54. The van der Waals surface area contributed by atoms with Crippen molar-refractivity contribution >= 4 is 16.8 Å². The van der Waals surface area contributed by atoms with Gasteiger partial charge in [0.2, 0.25) is 5.24 Å². The van der Waals surface area contributed by atoms with Gasteiger partial charge in [0, 0.05) is 12.0 Å². The Hall–Kier alpha value is -1.26. The van der Waals surface area contributed by atoms with E-state index in [-0.39, 0.29) is 6.42 Å². The molecule has 0 spiro atoms. The lowest BCUT2D eigenvalue weighted by atomic mass is 10.2. The molecule has 4 nitrogen and oxygen atoms in total. The number of ether oxygens (including phenoxy) is 3. The highest BCUT2D eigenvalue weighted by Gasteiger charge is 2.09. The monoisotopic (exact) mass is 258 g/mol. The molecular formula is C12H15ClO4. The molecular weight excluding hydrogens is 244 g/mol. The van der Waals surface area contributed by atoms with Gasteiger partial charge in [0.1, 0.15) is 0 Å². The normalized spacial score (nSPS) is 10.1. The lowest BCUT2D eigenvalue weighted by molar-refractivity contribution is -0.112. The maximum absolute atomic E-state index is 10.5. The van der Waals surface area contributed by atoms with Gasteiger partial charge in [-0.25, -0.2) is 0 Å². The number of methoxy groups -OCH3 is 2. The highest BCUT2D eigenvalue weighted by molar-refractivity contribution is 6.63. The Kier molecular flexibility index (Phi) is 5.80. The Morgan fingerprint density at radius 1 is 1.29 bits per heavy atom. The fraction of sp³-hybridized carbons (Fsp3) is 0.417. The van der Waals surface area contributed by atoms with Crippen LogP contribution in [0.1, 0.15) is 12.0 Å². The lowest BCUT2D eigenvalue weighted by Crippen LogP contribution is -2.01. The summed E-state index contributed by atoms with van der Waals surface area (Å²) in [5.41, 5.74) is 0.869. The predicted molar refractivity (Wildman–Crippen MR) is 64.7 cm³/mol. The minimum absolute atomic E-state index is 0.202. The van der Waals surface area contributed by atoms with Crippen molar-refractivity contribution in [2.75, 3.05) is 20.8 Å². The number of benzene rings is 1. The molecule has 0 atom stereocenters. The van der Waals surface area contributed by atoms with Crippen LogP contribution in [-0.2, 0) is 16.1 Å². The van der Waals surface area contributed by atoms with Gasteiger partial charge in [-0.05, 0) is 17.7 Å². The van der Waals surface area contributed by atoms with E-state index in [2.05, 4.69) is 0 Å². The molecule has 0 aliphatic rings. The van der Waals surface area contributed by atoms with Gasteiger partial charge in [0.25, 0.3) is 0 Å². The van der Waals surface area contributed by atoms with Gasteiger partial charge in [0.05, 0.1) is 27.4 Å². The number of hydrogen-bond donors (Lipinski definition) is 0. The van der Waals surface area contributed by atoms with Crippen molar-refractivity contribution in [3.05, 3.63) is 23.8 Å². The fourth-order valence-corrected chi connectivity index (χ4v) is 1.48. The third kappa shape index (κ3) is 4.24. The number of halogens is 1. The molecule has 0 aromatic heterocycles. The first-order valence-electron chi connectivity index (χ1n) is 5.15. The minimum Gasteiger partial charge on any atom is -0.493 e. The van der Waals surface area contributed by atoms with E-state index in [1.54, 1.807) is 14.2 Å². The second-order valence-corrected chi connectivity index (χ2v) is 3.73. The molecule has 0 radical (unpaired) electrons. The van der Waals surface area contributed by atoms with Gasteiger partial charge in [0.15, 0.2) is 11.5 Å². The van der Waals surface area contributed by atoms with E-state index in [0.29, 0.717) is 24.7 Å². The van der Waals surface area contributed by atoms with Crippen molar-refractivity contribution in [3.63, 3.8) is 0 Å². The lowest BCUT2D eigenvalue weighted by Gasteiger charge is -2.12. The average Bonchev–Trinajstić information content (AvgIpc) is 2.33. The zero-order valence-electron chi connectivity index (χ0n) is 9.86. The number of para-hydroxylation sites is 1. The summed E-state index contributed by atoms with van der Waals surface area (Å²) < 4.78 is 15.7. The van der Waals surface area contributed by atoms with Crippen molar-refractivity contribution < 1.29 is 19.0 Å². The van der Waals surface area contributed by atoms with Crippen LogP contribution >= 0.6 is 11.6 Å². The Balaban J connectivity index is 2.60. The summed E-state index contributed by atoms with van der Waals surface area (Å²) in [6.07, 6.45) is 0.202. The molecule has 1 rings (SSSR count). The summed E-state index contributed by atoms with van der Waals surface area (Å²) >= 11 is 5.20. The number of carbonyl (C=O) groups is 1. The van der Waals surface area contributed by atoms with E-state index in [4.69, 9.17) is 25.8 Å². The highest BCUT2D eigenvalue weighted by atomic mass is 35.5. The number of hydrogen-bond acceptors (Lipinski definition) is 4. The molecule has 0 saturated carbocycles. The Morgan fingerprint density at radius 3 is 2.65 bits per heavy atom. The molecule has 5 heteroatoms. The van der Waals surface area contributed by atoms with E-state index < -0.39 is 5.24 Å². The van der Waals surface area contributed by atoms with E-state index in [0.717, 1.165) is 5.56 Å². The molecule has 1 aromatic rings. The molecule has 0 aliphatic heterocycles. The van der Waals surface area contributed by atoms with Crippen LogP contribution in [0.2, 0.25) is 0 Å². The first kappa shape index (κ1) is 13.8. The standard InChI is InChI=1S/C12H15ClO4/c1-15-10-5-3-4-9(12(10)16-2)8-17-7-6-11(13)14/h3-5H,6-8H2,1-2H3. The van der Waals surface area contributed by atoms with Crippen LogP contribution in [0.15, 0.2) is 18.2 Å². The zero-order chi connectivity index (χ0) is 12.7. The van der Waals surface area contributed by atoms with Crippen LogP contribution in [0.4, 0.5) is 0 Å². The number of rotatable bonds is 7. The Bertz CT molecular complexity index is 379. The first-order chi connectivity index (χ1) is 8.19. The van der Waals surface area contributed by atoms with Crippen molar-refractivity contribution in [2.24, 2.45) is 0 Å². The summed E-state index contributed by atoms with van der Waals surface area (Å²) in [6.45, 7) is 0.646. The van der Waals surface area contributed by atoms with Gasteiger partial charge in [-0.1, -0.05) is 12.1 Å². The maximum atomic E-state index is 10.5. The van der Waals surface area contributed by atoms with Gasteiger partial charge in [-0.15, -0.1) is 0 Å². The summed E-state index contributed by atoms with van der Waals surface area (Å²) in [4.78, 5) is 10.5. The largest absolute Gasteiger partial charge is 0.493 e. The van der Waals surface area contributed by atoms with Gasteiger partial charge >= 0.3 is 0 Å². The molecule has 0 aliphatic carbocycles. The summed E-state index contributed by atoms with van der Waals surface area (Å²) in [5.74, 6) is 1.30. The molecule has 0 heterocycles. The second-order valence-electron chi connectivity index (χ2n) is 3.31. The van der Waals surface area contributed by atoms with Crippen LogP contribution in [0.5, 0.6) is 11.5 Å². The van der Waals surface area contributed by atoms with Crippen LogP contribution in [0.25, 0.3) is 0 Å². The number of carbonyl (C=O) groups excluding carboxylic acids is 1. The highest BCUT2D eigenvalue weighted by Crippen LogP contribution is 2.30. The molecule has 0 unspecified atom stereocenters. The predicted octanol–water partition coefficient (Wildman–Crippen LogP) is 2.38. The third-order valence-electron chi connectivity index (χ3n) is 2.19. The van der Waals surface area contributed by atoms with E-state index in [1.165, 1.54) is 0 Å². The van der Waals surface area contributed by atoms with Crippen molar-refractivity contribution in [1.29, 1.82) is 0 Å². The molecule has 0 N–H and O–H groups in total.